The molecule has 1 aromatic carbocycles. The summed E-state index contributed by atoms with van der Waals surface area (Å²) < 4.78 is 19.3. The minimum absolute atomic E-state index is 0.201. The molecule has 0 saturated heterocycles. The highest BCUT2D eigenvalue weighted by molar-refractivity contribution is 9.10. The number of fused-ring (bicyclic) bond motifs is 1. The van der Waals surface area contributed by atoms with E-state index in [4.69, 9.17) is 4.42 Å². The number of benzene rings is 1. The van der Waals surface area contributed by atoms with Crippen LogP contribution in [0.3, 0.4) is 0 Å². The minimum Gasteiger partial charge on any atom is -0.453 e. The second-order valence-electron chi connectivity index (χ2n) is 3.95. The SMILES string of the molecule is O=c1cc(-c2ccccn2)oc2c(Br)cc(F)cc12. The zero-order chi connectivity index (χ0) is 13.4. The van der Waals surface area contributed by atoms with Gasteiger partial charge in [0.2, 0.25) is 0 Å². The van der Waals surface area contributed by atoms with Gasteiger partial charge in [0.25, 0.3) is 0 Å². The fourth-order valence-corrected chi connectivity index (χ4v) is 2.33. The number of hydrogen-bond donors (Lipinski definition) is 0. The molecule has 0 bridgehead atoms. The topological polar surface area (TPSA) is 43.1 Å². The Morgan fingerprint density at radius 2 is 2.05 bits per heavy atom. The van der Waals surface area contributed by atoms with E-state index in [0.717, 1.165) is 6.07 Å². The number of pyridine rings is 1. The maximum Gasteiger partial charge on any atom is 0.193 e. The van der Waals surface area contributed by atoms with Gasteiger partial charge in [-0.25, -0.2) is 4.39 Å². The van der Waals surface area contributed by atoms with Gasteiger partial charge in [-0.2, -0.15) is 0 Å². The first-order valence-corrected chi connectivity index (χ1v) is 6.29. The lowest BCUT2D eigenvalue weighted by molar-refractivity contribution is 0.604. The quantitative estimate of drug-likeness (QED) is 0.686. The van der Waals surface area contributed by atoms with E-state index in [1.54, 1.807) is 24.4 Å². The first-order chi connectivity index (χ1) is 9.15. The van der Waals surface area contributed by atoms with E-state index in [1.165, 1.54) is 12.1 Å². The van der Waals surface area contributed by atoms with Gasteiger partial charge < -0.3 is 4.42 Å². The Morgan fingerprint density at radius 1 is 1.21 bits per heavy atom. The average Bonchev–Trinajstić information content (AvgIpc) is 2.41. The van der Waals surface area contributed by atoms with Gasteiger partial charge in [0.1, 0.15) is 11.5 Å². The number of rotatable bonds is 1. The summed E-state index contributed by atoms with van der Waals surface area (Å²) in [6.07, 6.45) is 1.61. The monoisotopic (exact) mass is 319 g/mol. The van der Waals surface area contributed by atoms with E-state index >= 15 is 0 Å². The summed E-state index contributed by atoms with van der Waals surface area (Å²) in [5.74, 6) is -0.136. The Morgan fingerprint density at radius 3 is 2.79 bits per heavy atom. The number of hydrogen-bond acceptors (Lipinski definition) is 3. The molecule has 3 nitrogen and oxygen atoms in total. The van der Waals surface area contributed by atoms with Crippen molar-refractivity contribution in [2.75, 3.05) is 0 Å². The maximum absolute atomic E-state index is 13.3. The van der Waals surface area contributed by atoms with Crippen LogP contribution in [0.1, 0.15) is 0 Å². The lowest BCUT2D eigenvalue weighted by Crippen LogP contribution is -2.01. The average molecular weight is 320 g/mol. The van der Waals surface area contributed by atoms with Gasteiger partial charge in [-0.15, -0.1) is 0 Å². The smallest absolute Gasteiger partial charge is 0.193 e. The number of nitrogens with zero attached hydrogens (tertiary/aromatic N) is 1. The van der Waals surface area contributed by atoms with Crippen LogP contribution in [0.4, 0.5) is 4.39 Å². The molecule has 2 aromatic heterocycles. The molecule has 0 N–H and O–H groups in total. The van der Waals surface area contributed by atoms with E-state index in [2.05, 4.69) is 20.9 Å². The Balaban J connectivity index is 2.34. The molecule has 0 saturated carbocycles. The lowest BCUT2D eigenvalue weighted by Gasteiger charge is -2.04. The Hall–Kier alpha value is -2.01. The van der Waals surface area contributed by atoms with Crippen LogP contribution in [0.15, 0.2) is 56.3 Å². The van der Waals surface area contributed by atoms with Crippen LogP contribution < -0.4 is 5.43 Å². The molecule has 5 heteroatoms. The molecule has 94 valence electrons. The van der Waals surface area contributed by atoms with E-state index in [1.807, 2.05) is 0 Å². The molecule has 0 atom stereocenters. The molecule has 3 rings (SSSR count). The first kappa shape index (κ1) is 12.0. The van der Waals surface area contributed by atoms with Gasteiger partial charge in [0.05, 0.1) is 9.86 Å². The Kier molecular flexibility index (Phi) is 2.91. The standard InChI is InChI=1S/C14H7BrFNO2/c15-10-6-8(16)5-9-12(18)7-13(19-14(9)10)11-3-1-2-4-17-11/h1-7H. The summed E-state index contributed by atoms with van der Waals surface area (Å²) in [5, 5.41) is 0.201. The molecule has 0 aliphatic heterocycles. The van der Waals surface area contributed by atoms with Crippen molar-refractivity contribution >= 4 is 26.9 Å². The lowest BCUT2D eigenvalue weighted by atomic mass is 10.2. The van der Waals surface area contributed by atoms with Crippen molar-refractivity contribution < 1.29 is 8.81 Å². The summed E-state index contributed by atoms with van der Waals surface area (Å²) in [6.45, 7) is 0. The van der Waals surface area contributed by atoms with Crippen molar-refractivity contribution in [2.45, 2.75) is 0 Å². The molecular formula is C14H7BrFNO2. The fraction of sp³-hybridized carbons (Fsp3) is 0. The molecule has 0 radical (unpaired) electrons. The molecule has 0 spiro atoms. The predicted octanol–water partition coefficient (Wildman–Crippen LogP) is 3.76. The van der Waals surface area contributed by atoms with E-state index in [9.17, 15) is 9.18 Å². The largest absolute Gasteiger partial charge is 0.453 e. The Labute approximate surface area is 115 Å². The van der Waals surface area contributed by atoms with Crippen molar-refractivity contribution in [2.24, 2.45) is 0 Å². The third-order valence-corrected chi connectivity index (χ3v) is 3.25. The van der Waals surface area contributed by atoms with Gasteiger partial charge in [-0.1, -0.05) is 6.07 Å². The second kappa shape index (κ2) is 4.59. The van der Waals surface area contributed by atoms with Gasteiger partial charge in [0.15, 0.2) is 16.8 Å². The summed E-state index contributed by atoms with van der Waals surface area (Å²) in [6, 6.07) is 9.04. The maximum atomic E-state index is 13.3. The van der Waals surface area contributed by atoms with Crippen molar-refractivity contribution in [3.63, 3.8) is 0 Å². The van der Waals surface area contributed by atoms with Crippen molar-refractivity contribution in [3.05, 3.63) is 63.1 Å². The fourth-order valence-electron chi connectivity index (χ4n) is 1.82. The summed E-state index contributed by atoms with van der Waals surface area (Å²) in [7, 11) is 0. The molecule has 19 heavy (non-hydrogen) atoms. The van der Waals surface area contributed by atoms with Gasteiger partial charge in [-0.05, 0) is 40.2 Å². The van der Waals surface area contributed by atoms with E-state index in [-0.39, 0.29) is 10.8 Å². The van der Waals surface area contributed by atoms with E-state index in [0.29, 0.717) is 21.5 Å². The summed E-state index contributed by atoms with van der Waals surface area (Å²) in [4.78, 5) is 16.1. The highest BCUT2D eigenvalue weighted by Crippen LogP contribution is 2.27. The van der Waals surface area contributed by atoms with Gasteiger partial charge in [-0.3, -0.25) is 9.78 Å². The molecule has 3 aromatic rings. The highest BCUT2D eigenvalue weighted by atomic mass is 79.9. The minimum atomic E-state index is -0.489. The van der Waals surface area contributed by atoms with Crippen LogP contribution in [-0.2, 0) is 0 Å². The van der Waals surface area contributed by atoms with Crippen LogP contribution in [0, 0.1) is 5.82 Å². The van der Waals surface area contributed by atoms with Crippen LogP contribution in [0.5, 0.6) is 0 Å². The molecule has 0 amide bonds. The molecule has 0 unspecified atom stereocenters. The van der Waals surface area contributed by atoms with Crippen molar-refractivity contribution in [1.29, 1.82) is 0 Å². The third-order valence-electron chi connectivity index (χ3n) is 2.67. The van der Waals surface area contributed by atoms with Gasteiger partial charge >= 0.3 is 0 Å². The number of halogens is 2. The van der Waals surface area contributed by atoms with Gasteiger partial charge in [0, 0.05) is 12.3 Å². The molecule has 2 heterocycles. The normalized spacial score (nSPS) is 10.8. The molecular weight excluding hydrogens is 313 g/mol. The first-order valence-electron chi connectivity index (χ1n) is 5.49. The molecule has 0 fully saturated rings. The summed E-state index contributed by atoms with van der Waals surface area (Å²) in [5.41, 5.74) is 0.564. The molecule has 0 aliphatic rings. The third kappa shape index (κ3) is 2.17. The van der Waals surface area contributed by atoms with Crippen molar-refractivity contribution in [1.82, 2.24) is 4.98 Å². The predicted molar refractivity (Wildman–Crippen MR) is 73.4 cm³/mol. The molecule has 0 aliphatic carbocycles. The van der Waals surface area contributed by atoms with Crippen LogP contribution in [0.2, 0.25) is 0 Å². The zero-order valence-corrected chi connectivity index (χ0v) is 11.1. The van der Waals surface area contributed by atoms with Crippen LogP contribution in [-0.4, -0.2) is 4.98 Å². The van der Waals surface area contributed by atoms with Crippen LogP contribution in [0.25, 0.3) is 22.4 Å². The highest BCUT2D eigenvalue weighted by Gasteiger charge is 2.11. The second-order valence-corrected chi connectivity index (χ2v) is 4.81. The Bertz CT molecular complexity index is 815. The van der Waals surface area contributed by atoms with E-state index < -0.39 is 5.82 Å². The van der Waals surface area contributed by atoms with Crippen LogP contribution >= 0.6 is 15.9 Å². The summed E-state index contributed by atoms with van der Waals surface area (Å²) >= 11 is 3.20. The number of aromatic nitrogens is 1. The van der Waals surface area contributed by atoms with Crippen molar-refractivity contribution in [3.8, 4) is 11.5 Å². The zero-order valence-electron chi connectivity index (χ0n) is 9.56.